The molecule has 1 aliphatic rings. The minimum Gasteiger partial charge on any atom is -0.391 e. The Morgan fingerprint density at radius 2 is 1.79 bits per heavy atom. The van der Waals surface area contributed by atoms with E-state index in [1.165, 1.54) is 4.31 Å². The van der Waals surface area contributed by atoms with E-state index in [1.807, 2.05) is 0 Å². The van der Waals surface area contributed by atoms with Crippen LogP contribution in [-0.2, 0) is 16.6 Å². The molecule has 0 aromatic heterocycles. The van der Waals surface area contributed by atoms with Crippen LogP contribution in [-0.4, -0.2) is 30.9 Å². The van der Waals surface area contributed by atoms with E-state index >= 15 is 0 Å². The molecule has 1 saturated heterocycles. The predicted octanol–water partition coefficient (Wildman–Crippen LogP) is 1.63. The lowest BCUT2D eigenvalue weighted by atomic mass is 10.2. The lowest BCUT2D eigenvalue weighted by molar-refractivity contribution is 0.267. The number of hydrogen-bond acceptors (Lipinski definition) is 3. The van der Waals surface area contributed by atoms with Crippen LogP contribution in [0, 0.1) is 11.6 Å². The van der Waals surface area contributed by atoms with Gasteiger partial charge in [0.05, 0.1) is 12.2 Å². The maximum Gasteiger partial charge on any atom is 0.245 e. The fourth-order valence-electron chi connectivity index (χ4n) is 2.16. The first-order chi connectivity index (χ1) is 8.98. The lowest BCUT2D eigenvalue weighted by Crippen LogP contribution is -2.36. The first-order valence-electron chi connectivity index (χ1n) is 6.06. The number of nitrogens with zero attached hydrogens (tertiary/aromatic N) is 1. The summed E-state index contributed by atoms with van der Waals surface area (Å²) in [6.45, 7) is -0.192. The highest BCUT2D eigenvalue weighted by Gasteiger charge is 2.30. The second-order valence-corrected chi connectivity index (χ2v) is 6.37. The first kappa shape index (κ1) is 14.4. The molecule has 0 saturated carbocycles. The number of aliphatic hydroxyl groups excluding tert-OH is 1. The zero-order valence-corrected chi connectivity index (χ0v) is 11.1. The maximum absolute atomic E-state index is 14.0. The van der Waals surface area contributed by atoms with Gasteiger partial charge in [-0.1, -0.05) is 6.42 Å². The monoisotopic (exact) mass is 291 g/mol. The Morgan fingerprint density at radius 1 is 1.16 bits per heavy atom. The van der Waals surface area contributed by atoms with Crippen molar-refractivity contribution in [1.29, 1.82) is 0 Å². The molecular formula is C12H15F2NO3S. The van der Waals surface area contributed by atoms with Crippen molar-refractivity contribution in [2.24, 2.45) is 0 Å². The van der Waals surface area contributed by atoms with E-state index in [1.54, 1.807) is 0 Å². The first-order valence-corrected chi connectivity index (χ1v) is 7.50. The third-order valence-corrected chi connectivity index (χ3v) is 5.16. The number of halogens is 2. The van der Waals surface area contributed by atoms with Crippen LogP contribution >= 0.6 is 0 Å². The van der Waals surface area contributed by atoms with Crippen molar-refractivity contribution >= 4 is 10.0 Å². The molecule has 0 amide bonds. The van der Waals surface area contributed by atoms with Gasteiger partial charge in [-0.2, -0.15) is 4.31 Å². The van der Waals surface area contributed by atoms with Gasteiger partial charge in [0, 0.05) is 13.1 Å². The van der Waals surface area contributed by atoms with E-state index in [9.17, 15) is 17.2 Å². The Hall–Kier alpha value is -1.05. The summed E-state index contributed by atoms with van der Waals surface area (Å²) in [7, 11) is -3.96. The number of hydrogen-bond donors (Lipinski definition) is 1. The summed E-state index contributed by atoms with van der Waals surface area (Å²) < 4.78 is 53.0. The third-order valence-electron chi connectivity index (χ3n) is 3.24. The zero-order chi connectivity index (χ0) is 14.0. The normalized spacial score (nSPS) is 17.6. The van der Waals surface area contributed by atoms with E-state index < -0.39 is 38.7 Å². The van der Waals surface area contributed by atoms with Crippen LogP contribution in [0.1, 0.15) is 24.8 Å². The van der Waals surface area contributed by atoms with Crippen LogP contribution in [0.2, 0.25) is 0 Å². The smallest absolute Gasteiger partial charge is 0.245 e. The molecule has 0 unspecified atom stereocenters. The van der Waals surface area contributed by atoms with Crippen LogP contribution in [0.25, 0.3) is 0 Å². The quantitative estimate of drug-likeness (QED) is 0.921. The molecule has 0 atom stereocenters. The molecule has 1 heterocycles. The molecule has 2 rings (SSSR count). The molecule has 1 aliphatic heterocycles. The van der Waals surface area contributed by atoms with E-state index in [0.717, 1.165) is 31.4 Å². The summed E-state index contributed by atoms with van der Waals surface area (Å²) in [6, 6.07) is 1.78. The summed E-state index contributed by atoms with van der Waals surface area (Å²) >= 11 is 0. The van der Waals surface area contributed by atoms with Crippen molar-refractivity contribution in [3.63, 3.8) is 0 Å². The van der Waals surface area contributed by atoms with E-state index in [0.29, 0.717) is 13.1 Å². The van der Waals surface area contributed by atoms with Crippen LogP contribution < -0.4 is 0 Å². The Bertz CT molecular complexity index is 569. The highest BCUT2D eigenvalue weighted by molar-refractivity contribution is 7.89. The van der Waals surface area contributed by atoms with Crippen molar-refractivity contribution < 1.29 is 22.3 Å². The van der Waals surface area contributed by atoms with Gasteiger partial charge in [-0.05, 0) is 25.0 Å². The lowest BCUT2D eigenvalue weighted by Gasteiger charge is -2.26. The van der Waals surface area contributed by atoms with Crippen molar-refractivity contribution in [3.05, 3.63) is 29.3 Å². The number of sulfonamides is 1. The molecule has 0 bridgehead atoms. The van der Waals surface area contributed by atoms with Crippen molar-refractivity contribution in [1.82, 2.24) is 4.31 Å². The summed E-state index contributed by atoms with van der Waals surface area (Å²) in [4.78, 5) is -0.570. The van der Waals surface area contributed by atoms with Gasteiger partial charge >= 0.3 is 0 Å². The molecule has 4 nitrogen and oxygen atoms in total. The standard InChI is InChI=1S/C12H15F2NO3S/c13-10-4-5-11(12(14)9(10)8-16)19(17,18)15-6-2-1-3-7-15/h4-5,16H,1-3,6-8H2. The number of rotatable bonds is 3. The van der Waals surface area contributed by atoms with Crippen LogP contribution in [0.5, 0.6) is 0 Å². The minimum atomic E-state index is -3.96. The molecule has 7 heteroatoms. The van der Waals surface area contributed by atoms with Gasteiger partial charge in [-0.15, -0.1) is 0 Å². The van der Waals surface area contributed by atoms with Crippen molar-refractivity contribution in [2.75, 3.05) is 13.1 Å². The van der Waals surface area contributed by atoms with E-state index in [2.05, 4.69) is 0 Å². The number of aliphatic hydroxyl groups is 1. The van der Waals surface area contributed by atoms with Gasteiger partial charge in [0.15, 0.2) is 5.82 Å². The van der Waals surface area contributed by atoms with Gasteiger partial charge < -0.3 is 5.11 Å². The fraction of sp³-hybridized carbons (Fsp3) is 0.500. The Morgan fingerprint density at radius 3 is 2.37 bits per heavy atom. The molecule has 0 aliphatic carbocycles. The molecule has 0 radical (unpaired) electrons. The average molecular weight is 291 g/mol. The summed E-state index contributed by atoms with van der Waals surface area (Å²) in [6.07, 6.45) is 2.41. The predicted molar refractivity (Wildman–Crippen MR) is 64.9 cm³/mol. The molecule has 1 aromatic rings. The second-order valence-electron chi connectivity index (χ2n) is 4.46. The van der Waals surface area contributed by atoms with Crippen LogP contribution in [0.3, 0.4) is 0 Å². The molecule has 1 aromatic carbocycles. The van der Waals surface area contributed by atoms with E-state index in [-0.39, 0.29) is 0 Å². The molecule has 1 N–H and O–H groups in total. The highest BCUT2D eigenvalue weighted by Crippen LogP contribution is 2.26. The molecule has 106 valence electrons. The highest BCUT2D eigenvalue weighted by atomic mass is 32.2. The summed E-state index contributed by atoms with van der Waals surface area (Å²) in [5.74, 6) is -2.15. The van der Waals surface area contributed by atoms with Crippen LogP contribution in [0.4, 0.5) is 8.78 Å². The largest absolute Gasteiger partial charge is 0.391 e. The second kappa shape index (κ2) is 5.52. The van der Waals surface area contributed by atoms with Gasteiger partial charge in [-0.3, -0.25) is 0 Å². The maximum atomic E-state index is 14.0. The number of piperidine rings is 1. The van der Waals surface area contributed by atoms with Crippen molar-refractivity contribution in [2.45, 2.75) is 30.8 Å². The SMILES string of the molecule is O=S(=O)(c1ccc(F)c(CO)c1F)N1CCCCC1. The van der Waals surface area contributed by atoms with Gasteiger partial charge in [0.2, 0.25) is 10.0 Å². The zero-order valence-electron chi connectivity index (χ0n) is 10.3. The summed E-state index contributed by atoms with van der Waals surface area (Å²) in [5, 5.41) is 8.91. The van der Waals surface area contributed by atoms with Gasteiger partial charge in [-0.25, -0.2) is 17.2 Å². The molecule has 19 heavy (non-hydrogen) atoms. The Labute approximate surface area is 110 Å². The minimum absolute atomic E-state index is 0.341. The van der Waals surface area contributed by atoms with Crippen LogP contribution in [0.15, 0.2) is 17.0 Å². The molecule has 0 spiro atoms. The van der Waals surface area contributed by atoms with Crippen molar-refractivity contribution in [3.8, 4) is 0 Å². The topological polar surface area (TPSA) is 57.6 Å². The average Bonchev–Trinajstić information content (AvgIpc) is 2.40. The fourth-order valence-corrected chi connectivity index (χ4v) is 3.77. The Balaban J connectivity index is 2.46. The third kappa shape index (κ3) is 2.63. The van der Waals surface area contributed by atoms with Gasteiger partial charge in [0.25, 0.3) is 0 Å². The summed E-state index contributed by atoms with van der Waals surface area (Å²) in [5.41, 5.74) is -0.613. The van der Waals surface area contributed by atoms with E-state index in [4.69, 9.17) is 5.11 Å². The number of benzene rings is 1. The van der Waals surface area contributed by atoms with Gasteiger partial charge in [0.1, 0.15) is 10.7 Å². The Kier molecular flexibility index (Phi) is 4.17. The molecular weight excluding hydrogens is 276 g/mol. The molecule has 1 fully saturated rings.